The SMILES string of the molecule is Oc1ccc(OCc2ccc(Cl)cc2)cc1-c1n[nH]c(C(F)(F)F)c1-c1ccccc1Cl. The Balaban J connectivity index is 1.76. The van der Waals surface area contributed by atoms with Gasteiger partial charge in [-0.3, -0.25) is 5.10 Å². The topological polar surface area (TPSA) is 58.1 Å². The molecule has 164 valence electrons. The Morgan fingerprint density at radius 1 is 0.938 bits per heavy atom. The Morgan fingerprint density at radius 2 is 1.66 bits per heavy atom. The number of nitrogens with one attached hydrogen (secondary N) is 1. The van der Waals surface area contributed by atoms with Gasteiger partial charge in [0.25, 0.3) is 0 Å². The third kappa shape index (κ3) is 4.54. The molecule has 0 aliphatic heterocycles. The summed E-state index contributed by atoms with van der Waals surface area (Å²) in [4.78, 5) is 0. The fraction of sp³-hybridized carbons (Fsp3) is 0.0870. The van der Waals surface area contributed by atoms with Crippen LogP contribution in [0, 0.1) is 0 Å². The van der Waals surface area contributed by atoms with E-state index in [0.29, 0.717) is 10.8 Å². The molecule has 0 saturated carbocycles. The molecule has 32 heavy (non-hydrogen) atoms. The molecule has 2 N–H and O–H groups in total. The summed E-state index contributed by atoms with van der Waals surface area (Å²) in [6, 6.07) is 17.5. The number of ether oxygens (including phenoxy) is 1. The molecular formula is C23H15Cl2F3N2O2. The van der Waals surface area contributed by atoms with Crippen molar-refractivity contribution in [1.29, 1.82) is 0 Å². The third-order valence-electron chi connectivity index (χ3n) is 4.73. The quantitative estimate of drug-likeness (QED) is 0.315. The number of hydrogen-bond acceptors (Lipinski definition) is 3. The van der Waals surface area contributed by atoms with Crippen LogP contribution in [0.4, 0.5) is 13.2 Å². The highest BCUT2D eigenvalue weighted by Crippen LogP contribution is 2.45. The Hall–Kier alpha value is -3.16. The van der Waals surface area contributed by atoms with Crippen LogP contribution in [-0.4, -0.2) is 15.3 Å². The number of alkyl halides is 3. The molecule has 1 aromatic heterocycles. The van der Waals surface area contributed by atoms with Crippen molar-refractivity contribution in [2.24, 2.45) is 0 Å². The Morgan fingerprint density at radius 3 is 2.34 bits per heavy atom. The third-order valence-corrected chi connectivity index (χ3v) is 5.32. The zero-order chi connectivity index (χ0) is 22.9. The molecular weight excluding hydrogens is 464 g/mol. The molecule has 0 bridgehead atoms. The largest absolute Gasteiger partial charge is 0.507 e. The molecule has 9 heteroatoms. The van der Waals surface area contributed by atoms with E-state index < -0.39 is 11.9 Å². The minimum absolute atomic E-state index is 0.0697. The lowest BCUT2D eigenvalue weighted by Crippen LogP contribution is -2.07. The Kier molecular flexibility index (Phi) is 6.04. The van der Waals surface area contributed by atoms with E-state index in [-0.39, 0.29) is 39.8 Å². The lowest BCUT2D eigenvalue weighted by molar-refractivity contribution is -0.140. The fourth-order valence-electron chi connectivity index (χ4n) is 3.21. The molecule has 4 nitrogen and oxygen atoms in total. The second kappa shape index (κ2) is 8.76. The first kappa shape index (κ1) is 22.0. The van der Waals surface area contributed by atoms with Crippen LogP contribution in [0.3, 0.4) is 0 Å². The second-order valence-electron chi connectivity index (χ2n) is 6.89. The first-order valence-corrected chi connectivity index (χ1v) is 10.1. The highest BCUT2D eigenvalue weighted by atomic mass is 35.5. The average Bonchev–Trinajstić information content (AvgIpc) is 3.20. The lowest BCUT2D eigenvalue weighted by Gasteiger charge is -2.12. The number of phenols is 1. The van der Waals surface area contributed by atoms with Crippen LogP contribution in [0.15, 0.2) is 66.7 Å². The molecule has 0 aliphatic rings. The van der Waals surface area contributed by atoms with Gasteiger partial charge in [-0.05, 0) is 42.0 Å². The number of benzene rings is 3. The molecule has 0 spiro atoms. The van der Waals surface area contributed by atoms with Crippen LogP contribution < -0.4 is 4.74 Å². The van der Waals surface area contributed by atoms with Gasteiger partial charge in [-0.2, -0.15) is 18.3 Å². The van der Waals surface area contributed by atoms with E-state index in [1.165, 1.54) is 30.3 Å². The van der Waals surface area contributed by atoms with Crippen molar-refractivity contribution in [2.75, 3.05) is 0 Å². The van der Waals surface area contributed by atoms with Crippen LogP contribution >= 0.6 is 23.2 Å². The van der Waals surface area contributed by atoms with Crippen molar-refractivity contribution < 1.29 is 23.0 Å². The maximum absolute atomic E-state index is 13.7. The number of aromatic nitrogens is 2. The van der Waals surface area contributed by atoms with Gasteiger partial charge in [0, 0.05) is 26.7 Å². The number of rotatable bonds is 5. The molecule has 0 atom stereocenters. The number of halogens is 5. The maximum atomic E-state index is 13.7. The summed E-state index contributed by atoms with van der Waals surface area (Å²) >= 11 is 12.1. The van der Waals surface area contributed by atoms with Crippen LogP contribution in [0.25, 0.3) is 22.4 Å². The summed E-state index contributed by atoms with van der Waals surface area (Å²) in [6.45, 7) is 0.202. The van der Waals surface area contributed by atoms with Gasteiger partial charge in [-0.15, -0.1) is 0 Å². The lowest BCUT2D eigenvalue weighted by atomic mass is 9.98. The standard InChI is InChI=1S/C23H15Cl2F3N2O2/c24-14-7-5-13(6-8-14)12-32-15-9-10-19(31)17(11-15)21-20(16-3-1-2-4-18(16)25)22(30-29-21)23(26,27)28/h1-11,31H,12H2,(H,29,30). The van der Waals surface area contributed by atoms with Crippen molar-refractivity contribution in [3.63, 3.8) is 0 Å². The summed E-state index contributed by atoms with van der Waals surface area (Å²) in [6.07, 6.45) is -4.71. The fourth-order valence-corrected chi connectivity index (χ4v) is 3.57. The van der Waals surface area contributed by atoms with Crippen molar-refractivity contribution in [3.8, 4) is 33.9 Å². The molecule has 0 unspecified atom stereocenters. The van der Waals surface area contributed by atoms with Gasteiger partial charge in [-0.25, -0.2) is 0 Å². The van der Waals surface area contributed by atoms with E-state index in [4.69, 9.17) is 27.9 Å². The normalized spacial score (nSPS) is 11.5. The highest BCUT2D eigenvalue weighted by molar-refractivity contribution is 6.33. The average molecular weight is 479 g/mol. The molecule has 0 aliphatic carbocycles. The van der Waals surface area contributed by atoms with E-state index in [1.807, 2.05) is 0 Å². The summed E-state index contributed by atoms with van der Waals surface area (Å²) < 4.78 is 46.9. The molecule has 0 fully saturated rings. The number of phenolic OH excluding ortho intramolecular Hbond substituents is 1. The molecule has 3 aromatic carbocycles. The van der Waals surface area contributed by atoms with Gasteiger partial charge in [0.15, 0.2) is 0 Å². The van der Waals surface area contributed by atoms with E-state index in [1.54, 1.807) is 36.4 Å². The maximum Gasteiger partial charge on any atom is 0.433 e. The Bertz CT molecular complexity index is 1260. The van der Waals surface area contributed by atoms with Crippen molar-refractivity contribution in [3.05, 3.63) is 88.0 Å². The minimum Gasteiger partial charge on any atom is -0.507 e. The van der Waals surface area contributed by atoms with Gasteiger partial charge >= 0.3 is 6.18 Å². The number of hydrogen-bond donors (Lipinski definition) is 2. The van der Waals surface area contributed by atoms with Crippen molar-refractivity contribution in [2.45, 2.75) is 12.8 Å². The van der Waals surface area contributed by atoms with E-state index >= 15 is 0 Å². The number of aromatic amines is 1. The zero-order valence-electron chi connectivity index (χ0n) is 16.3. The predicted octanol–water partition coefficient (Wildman–Crippen LogP) is 7.35. The van der Waals surface area contributed by atoms with Crippen molar-refractivity contribution in [1.82, 2.24) is 10.2 Å². The van der Waals surface area contributed by atoms with Crippen LogP contribution in [0.2, 0.25) is 10.0 Å². The summed E-state index contributed by atoms with van der Waals surface area (Å²) in [5.74, 6) is 0.0896. The molecule has 0 saturated heterocycles. The van der Waals surface area contributed by atoms with Crippen LogP contribution in [-0.2, 0) is 12.8 Å². The first-order chi connectivity index (χ1) is 15.2. The van der Waals surface area contributed by atoms with Crippen molar-refractivity contribution >= 4 is 23.2 Å². The predicted molar refractivity (Wildman–Crippen MR) is 117 cm³/mol. The summed E-state index contributed by atoms with van der Waals surface area (Å²) in [5.41, 5.74) is -0.363. The molecule has 0 radical (unpaired) electrons. The van der Waals surface area contributed by atoms with Gasteiger partial charge in [-0.1, -0.05) is 53.5 Å². The van der Waals surface area contributed by atoms with E-state index in [2.05, 4.69) is 10.2 Å². The van der Waals surface area contributed by atoms with Gasteiger partial charge < -0.3 is 9.84 Å². The molecule has 0 amide bonds. The molecule has 1 heterocycles. The number of aromatic hydroxyl groups is 1. The van der Waals surface area contributed by atoms with Gasteiger partial charge in [0.2, 0.25) is 0 Å². The smallest absolute Gasteiger partial charge is 0.433 e. The number of H-pyrrole nitrogens is 1. The van der Waals surface area contributed by atoms with Gasteiger partial charge in [0.05, 0.1) is 0 Å². The summed E-state index contributed by atoms with van der Waals surface area (Å²) in [5, 5.41) is 17.0. The highest BCUT2D eigenvalue weighted by Gasteiger charge is 2.38. The monoisotopic (exact) mass is 478 g/mol. The van der Waals surface area contributed by atoms with Gasteiger partial charge in [0.1, 0.15) is 29.5 Å². The first-order valence-electron chi connectivity index (χ1n) is 9.35. The number of nitrogens with zero attached hydrogens (tertiary/aromatic N) is 1. The second-order valence-corrected chi connectivity index (χ2v) is 7.74. The zero-order valence-corrected chi connectivity index (χ0v) is 17.8. The molecule has 4 rings (SSSR count). The van der Waals surface area contributed by atoms with E-state index in [0.717, 1.165) is 5.56 Å². The summed E-state index contributed by atoms with van der Waals surface area (Å²) in [7, 11) is 0. The van der Waals surface area contributed by atoms with Crippen LogP contribution in [0.1, 0.15) is 11.3 Å². The Labute approximate surface area is 191 Å². The van der Waals surface area contributed by atoms with E-state index in [9.17, 15) is 18.3 Å². The van der Waals surface area contributed by atoms with Crippen LogP contribution in [0.5, 0.6) is 11.5 Å². The molecule has 4 aromatic rings. The minimum atomic E-state index is -4.71.